The van der Waals surface area contributed by atoms with Crippen molar-refractivity contribution in [2.45, 2.75) is 26.1 Å². The molecule has 0 unspecified atom stereocenters. The Balaban J connectivity index is 3.10. The van der Waals surface area contributed by atoms with E-state index in [1.165, 1.54) is 32.0 Å². The summed E-state index contributed by atoms with van der Waals surface area (Å²) in [5, 5.41) is -0.0275. The zero-order valence-corrected chi connectivity index (χ0v) is 11.2. The summed E-state index contributed by atoms with van der Waals surface area (Å²) in [6.07, 6.45) is -4.47. The molecule has 0 saturated carbocycles. The van der Waals surface area contributed by atoms with Crippen molar-refractivity contribution >= 4 is 23.2 Å². The van der Waals surface area contributed by atoms with Crippen LogP contribution in [0.2, 0.25) is 5.02 Å². The normalized spacial score (nSPS) is 11.7. The molecule has 2 N–H and O–H groups in total. The van der Waals surface area contributed by atoms with Crippen LogP contribution in [0.3, 0.4) is 0 Å². The van der Waals surface area contributed by atoms with Crippen molar-refractivity contribution in [3.8, 4) is 0 Å². The van der Waals surface area contributed by atoms with Crippen molar-refractivity contribution in [3.63, 3.8) is 0 Å². The molecular weight excluding hydrogens is 281 g/mol. The summed E-state index contributed by atoms with van der Waals surface area (Å²) < 4.78 is 37.4. The number of alkyl halides is 3. The van der Waals surface area contributed by atoms with Crippen LogP contribution in [0, 0.1) is 0 Å². The third kappa shape index (κ3) is 4.02. The van der Waals surface area contributed by atoms with Crippen LogP contribution < -0.4 is 5.73 Å². The first-order chi connectivity index (χ1) is 8.63. The molecule has 1 aromatic rings. The van der Waals surface area contributed by atoms with E-state index in [1.54, 1.807) is 0 Å². The number of hydrogen-bond acceptors (Lipinski definition) is 2. The van der Waals surface area contributed by atoms with E-state index in [0.29, 0.717) is 4.90 Å². The van der Waals surface area contributed by atoms with Crippen molar-refractivity contribution in [1.82, 2.24) is 4.90 Å². The summed E-state index contributed by atoms with van der Waals surface area (Å²) in [7, 11) is 0. The molecule has 0 aliphatic heterocycles. The van der Waals surface area contributed by atoms with Crippen molar-refractivity contribution in [2.24, 2.45) is 0 Å². The fourth-order valence-electron chi connectivity index (χ4n) is 1.55. The molecule has 19 heavy (non-hydrogen) atoms. The average Bonchev–Trinajstić information content (AvgIpc) is 2.27. The zero-order chi connectivity index (χ0) is 14.8. The Labute approximate surface area is 114 Å². The van der Waals surface area contributed by atoms with Crippen LogP contribution >= 0.6 is 11.6 Å². The molecule has 3 nitrogen and oxygen atoms in total. The summed E-state index contributed by atoms with van der Waals surface area (Å²) in [5.41, 5.74) is 5.66. The molecule has 1 aromatic carbocycles. The molecule has 106 valence electrons. The van der Waals surface area contributed by atoms with Gasteiger partial charge in [-0.1, -0.05) is 17.7 Å². The Morgan fingerprint density at radius 1 is 1.42 bits per heavy atom. The highest BCUT2D eigenvalue weighted by molar-refractivity contribution is 6.36. The number of carbonyl (C=O) groups is 1. The van der Waals surface area contributed by atoms with E-state index in [4.69, 9.17) is 17.3 Å². The maximum absolute atomic E-state index is 12.5. The first-order valence-electron chi connectivity index (χ1n) is 5.55. The van der Waals surface area contributed by atoms with Gasteiger partial charge in [-0.25, -0.2) is 0 Å². The van der Waals surface area contributed by atoms with E-state index >= 15 is 0 Å². The molecule has 0 bridgehead atoms. The second-order valence-electron chi connectivity index (χ2n) is 4.35. The first-order valence-corrected chi connectivity index (χ1v) is 5.93. The van der Waals surface area contributed by atoms with Crippen LogP contribution in [0.25, 0.3) is 0 Å². The number of nitrogen functional groups attached to an aromatic ring is 1. The molecule has 0 heterocycles. The Morgan fingerprint density at radius 3 is 2.47 bits per heavy atom. The monoisotopic (exact) mass is 294 g/mol. The number of anilines is 1. The van der Waals surface area contributed by atoms with Crippen molar-refractivity contribution in [1.29, 1.82) is 0 Å². The second kappa shape index (κ2) is 5.69. The number of nitrogens with zero attached hydrogens (tertiary/aromatic N) is 1. The van der Waals surface area contributed by atoms with Crippen molar-refractivity contribution < 1.29 is 18.0 Å². The molecule has 0 aliphatic rings. The van der Waals surface area contributed by atoms with Gasteiger partial charge in [-0.05, 0) is 26.0 Å². The maximum atomic E-state index is 12.5. The average molecular weight is 295 g/mol. The number of nitrogens with two attached hydrogens (primary N) is 1. The number of benzene rings is 1. The molecule has 0 radical (unpaired) electrons. The van der Waals surface area contributed by atoms with Gasteiger partial charge in [-0.15, -0.1) is 0 Å². The zero-order valence-electron chi connectivity index (χ0n) is 10.5. The molecule has 0 atom stereocenters. The lowest BCUT2D eigenvalue weighted by molar-refractivity contribution is -0.143. The standard InChI is InChI=1S/C12H14ClF3N2O/c1-7(2)18(6-12(14,15)16)11(19)8-4-3-5-9(17)10(8)13/h3-5,7H,6,17H2,1-2H3. The van der Waals surface area contributed by atoms with Crippen LogP contribution in [0.5, 0.6) is 0 Å². The van der Waals surface area contributed by atoms with Crippen LogP contribution in [-0.2, 0) is 0 Å². The fourth-order valence-corrected chi connectivity index (χ4v) is 1.76. The van der Waals surface area contributed by atoms with Gasteiger partial charge in [0.2, 0.25) is 0 Å². The number of rotatable bonds is 3. The van der Waals surface area contributed by atoms with Gasteiger partial charge in [-0.2, -0.15) is 13.2 Å². The lowest BCUT2D eigenvalue weighted by Gasteiger charge is -2.28. The molecule has 1 rings (SSSR count). The van der Waals surface area contributed by atoms with Gasteiger partial charge in [-0.3, -0.25) is 4.79 Å². The van der Waals surface area contributed by atoms with Gasteiger partial charge in [0.25, 0.3) is 5.91 Å². The van der Waals surface area contributed by atoms with Crippen LogP contribution in [0.4, 0.5) is 18.9 Å². The largest absolute Gasteiger partial charge is 0.406 e. The van der Waals surface area contributed by atoms with E-state index < -0.39 is 24.7 Å². The second-order valence-corrected chi connectivity index (χ2v) is 4.73. The minimum absolute atomic E-state index is 0.0275. The van der Waals surface area contributed by atoms with Crippen molar-refractivity contribution in [2.75, 3.05) is 12.3 Å². The fraction of sp³-hybridized carbons (Fsp3) is 0.417. The smallest absolute Gasteiger partial charge is 0.398 e. The van der Waals surface area contributed by atoms with Crippen LogP contribution in [0.1, 0.15) is 24.2 Å². The molecule has 1 amide bonds. The summed E-state index contributed by atoms with van der Waals surface area (Å²) >= 11 is 5.85. The lowest BCUT2D eigenvalue weighted by atomic mass is 10.1. The summed E-state index contributed by atoms with van der Waals surface area (Å²) in [4.78, 5) is 12.8. The van der Waals surface area contributed by atoms with Gasteiger partial charge in [0.15, 0.2) is 0 Å². The topological polar surface area (TPSA) is 46.3 Å². The number of carbonyl (C=O) groups excluding carboxylic acids is 1. The number of halogens is 4. The number of amides is 1. The van der Waals surface area contributed by atoms with E-state index in [-0.39, 0.29) is 16.3 Å². The predicted octanol–water partition coefficient (Wildman–Crippen LogP) is 3.34. The first kappa shape index (κ1) is 15.6. The van der Waals surface area contributed by atoms with E-state index in [0.717, 1.165) is 0 Å². The highest BCUT2D eigenvalue weighted by Gasteiger charge is 2.35. The van der Waals surface area contributed by atoms with E-state index in [1.807, 2.05) is 0 Å². The van der Waals surface area contributed by atoms with Gasteiger partial charge in [0.1, 0.15) is 6.54 Å². The quantitative estimate of drug-likeness (QED) is 0.869. The van der Waals surface area contributed by atoms with Crippen LogP contribution in [-0.4, -0.2) is 29.6 Å². The Hall–Kier alpha value is -1.43. The van der Waals surface area contributed by atoms with Crippen molar-refractivity contribution in [3.05, 3.63) is 28.8 Å². The molecule has 0 aromatic heterocycles. The van der Waals surface area contributed by atoms with Gasteiger partial charge in [0.05, 0.1) is 16.3 Å². The third-order valence-corrected chi connectivity index (χ3v) is 2.91. The minimum atomic E-state index is -4.47. The van der Waals surface area contributed by atoms with E-state index in [2.05, 4.69) is 0 Å². The van der Waals surface area contributed by atoms with E-state index in [9.17, 15) is 18.0 Å². The predicted molar refractivity (Wildman–Crippen MR) is 68.1 cm³/mol. The third-order valence-electron chi connectivity index (χ3n) is 2.49. The molecule has 0 saturated heterocycles. The maximum Gasteiger partial charge on any atom is 0.406 e. The minimum Gasteiger partial charge on any atom is -0.398 e. The Bertz CT molecular complexity index is 475. The summed E-state index contributed by atoms with van der Waals surface area (Å²) in [6, 6.07) is 3.70. The molecule has 0 spiro atoms. The molecule has 0 fully saturated rings. The van der Waals surface area contributed by atoms with Gasteiger partial charge in [0, 0.05) is 6.04 Å². The van der Waals surface area contributed by atoms with Gasteiger partial charge < -0.3 is 10.6 Å². The van der Waals surface area contributed by atoms with Gasteiger partial charge >= 0.3 is 6.18 Å². The lowest BCUT2D eigenvalue weighted by Crippen LogP contribution is -2.43. The molecule has 7 heteroatoms. The Kier molecular flexibility index (Phi) is 4.68. The Morgan fingerprint density at radius 2 is 2.00 bits per heavy atom. The SMILES string of the molecule is CC(C)N(CC(F)(F)F)C(=O)c1cccc(N)c1Cl. The molecule has 0 aliphatic carbocycles. The highest BCUT2D eigenvalue weighted by Crippen LogP contribution is 2.26. The highest BCUT2D eigenvalue weighted by atomic mass is 35.5. The molecular formula is C12H14ClF3N2O. The number of hydrogen-bond donors (Lipinski definition) is 1. The summed E-state index contributed by atoms with van der Waals surface area (Å²) in [6.45, 7) is 1.68. The summed E-state index contributed by atoms with van der Waals surface area (Å²) in [5.74, 6) is -0.787. The van der Waals surface area contributed by atoms with Crippen LogP contribution in [0.15, 0.2) is 18.2 Å².